The van der Waals surface area contributed by atoms with Gasteiger partial charge in [0.1, 0.15) is 11.4 Å². The smallest absolute Gasteiger partial charge is 0.256 e. The van der Waals surface area contributed by atoms with Gasteiger partial charge in [0.2, 0.25) is 0 Å². The zero-order valence-electron chi connectivity index (χ0n) is 15.3. The molecular weight excluding hydrogens is 290 g/mol. The first kappa shape index (κ1) is 19.5. The van der Waals surface area contributed by atoms with Crippen LogP contribution >= 0.6 is 0 Å². The SMILES string of the molecule is CCCOC(C)(CC(C)C)C(=O)Nc1ccc(OC(C)C)cc1. The lowest BCUT2D eigenvalue weighted by Gasteiger charge is -2.30. The number of hydrogen-bond donors (Lipinski definition) is 1. The van der Waals surface area contributed by atoms with Crippen LogP contribution in [0.25, 0.3) is 0 Å². The second-order valence-corrected chi connectivity index (χ2v) is 6.82. The Bertz CT molecular complexity index is 482. The minimum Gasteiger partial charge on any atom is -0.491 e. The molecule has 1 amide bonds. The summed E-state index contributed by atoms with van der Waals surface area (Å²) in [6.07, 6.45) is 1.71. The van der Waals surface area contributed by atoms with E-state index in [0.717, 1.165) is 17.9 Å². The molecule has 1 aromatic carbocycles. The highest BCUT2D eigenvalue weighted by Gasteiger charge is 2.34. The van der Waals surface area contributed by atoms with E-state index in [0.29, 0.717) is 18.9 Å². The third kappa shape index (κ3) is 6.61. The van der Waals surface area contributed by atoms with E-state index in [1.807, 2.05) is 52.0 Å². The average Bonchev–Trinajstić information content (AvgIpc) is 2.46. The summed E-state index contributed by atoms with van der Waals surface area (Å²) in [5.74, 6) is 1.08. The fraction of sp³-hybridized carbons (Fsp3) is 0.632. The van der Waals surface area contributed by atoms with E-state index in [2.05, 4.69) is 19.2 Å². The molecule has 1 aromatic rings. The lowest BCUT2D eigenvalue weighted by Crippen LogP contribution is -2.44. The topological polar surface area (TPSA) is 47.6 Å². The Morgan fingerprint density at radius 3 is 2.26 bits per heavy atom. The van der Waals surface area contributed by atoms with Crippen LogP contribution in [0.15, 0.2) is 24.3 Å². The quantitative estimate of drug-likeness (QED) is 0.720. The van der Waals surface area contributed by atoms with Crippen molar-refractivity contribution in [2.45, 2.75) is 66.1 Å². The predicted octanol–water partition coefficient (Wildman–Crippen LogP) is 4.64. The van der Waals surface area contributed by atoms with Gasteiger partial charge in [-0.2, -0.15) is 0 Å². The molecule has 0 aliphatic heterocycles. The van der Waals surface area contributed by atoms with Gasteiger partial charge >= 0.3 is 0 Å². The zero-order valence-corrected chi connectivity index (χ0v) is 15.3. The fourth-order valence-corrected chi connectivity index (χ4v) is 2.48. The van der Waals surface area contributed by atoms with E-state index in [4.69, 9.17) is 9.47 Å². The number of hydrogen-bond acceptors (Lipinski definition) is 3. The number of anilines is 1. The molecule has 130 valence electrons. The van der Waals surface area contributed by atoms with Crippen molar-refractivity contribution in [3.63, 3.8) is 0 Å². The zero-order chi connectivity index (χ0) is 17.5. The maximum Gasteiger partial charge on any atom is 0.256 e. The van der Waals surface area contributed by atoms with Gasteiger partial charge in [-0.3, -0.25) is 4.79 Å². The number of ether oxygens (including phenoxy) is 2. The molecule has 1 N–H and O–H groups in total. The molecule has 1 rings (SSSR count). The van der Waals surface area contributed by atoms with Gasteiger partial charge in [0, 0.05) is 12.3 Å². The molecule has 0 fully saturated rings. The third-order valence-corrected chi connectivity index (χ3v) is 3.39. The van der Waals surface area contributed by atoms with Crippen LogP contribution in [0.3, 0.4) is 0 Å². The number of amides is 1. The Labute approximate surface area is 140 Å². The Morgan fingerprint density at radius 2 is 1.78 bits per heavy atom. The standard InChI is InChI=1S/C19H31NO3/c1-7-12-22-19(6,13-14(2)3)18(21)20-16-8-10-17(11-9-16)23-15(4)5/h8-11,14-15H,7,12-13H2,1-6H3,(H,20,21). The Balaban J connectivity index is 2.77. The maximum absolute atomic E-state index is 12.7. The van der Waals surface area contributed by atoms with Crippen LogP contribution in [-0.2, 0) is 9.53 Å². The number of benzene rings is 1. The van der Waals surface area contributed by atoms with Crippen LogP contribution in [0.4, 0.5) is 5.69 Å². The number of rotatable bonds is 9. The average molecular weight is 321 g/mol. The van der Waals surface area contributed by atoms with Gasteiger partial charge in [-0.15, -0.1) is 0 Å². The summed E-state index contributed by atoms with van der Waals surface area (Å²) in [6.45, 7) is 12.7. The van der Waals surface area contributed by atoms with Crippen molar-refractivity contribution in [1.29, 1.82) is 0 Å². The minimum absolute atomic E-state index is 0.0998. The van der Waals surface area contributed by atoms with Crippen molar-refractivity contribution in [2.24, 2.45) is 5.92 Å². The number of carbonyl (C=O) groups is 1. The molecular formula is C19H31NO3. The predicted molar refractivity (Wildman–Crippen MR) is 94.9 cm³/mol. The summed E-state index contributed by atoms with van der Waals surface area (Å²) in [5.41, 5.74) is -0.0572. The van der Waals surface area contributed by atoms with E-state index < -0.39 is 5.60 Å². The van der Waals surface area contributed by atoms with Gasteiger partial charge in [-0.05, 0) is 63.8 Å². The van der Waals surface area contributed by atoms with E-state index in [9.17, 15) is 4.79 Å². The van der Waals surface area contributed by atoms with E-state index in [1.165, 1.54) is 0 Å². The third-order valence-electron chi connectivity index (χ3n) is 3.39. The van der Waals surface area contributed by atoms with Crippen LogP contribution in [-0.4, -0.2) is 24.2 Å². The van der Waals surface area contributed by atoms with Gasteiger partial charge < -0.3 is 14.8 Å². The molecule has 4 nitrogen and oxygen atoms in total. The van der Waals surface area contributed by atoms with Crippen molar-refractivity contribution >= 4 is 11.6 Å². The molecule has 0 radical (unpaired) electrons. The van der Waals surface area contributed by atoms with Gasteiger partial charge in [0.25, 0.3) is 5.91 Å². The summed E-state index contributed by atoms with van der Waals surface area (Å²) in [5, 5.41) is 2.96. The van der Waals surface area contributed by atoms with Gasteiger partial charge in [-0.1, -0.05) is 20.8 Å². The first-order valence-electron chi connectivity index (χ1n) is 8.49. The summed E-state index contributed by atoms with van der Waals surface area (Å²) in [6, 6.07) is 7.43. The molecule has 0 saturated carbocycles. The normalized spacial score (nSPS) is 13.9. The first-order valence-corrected chi connectivity index (χ1v) is 8.49. The van der Waals surface area contributed by atoms with E-state index in [-0.39, 0.29) is 12.0 Å². The minimum atomic E-state index is -0.808. The van der Waals surface area contributed by atoms with Gasteiger partial charge in [0.15, 0.2) is 0 Å². The largest absolute Gasteiger partial charge is 0.491 e. The van der Waals surface area contributed by atoms with E-state index in [1.54, 1.807) is 0 Å². The molecule has 1 atom stereocenters. The summed E-state index contributed by atoms with van der Waals surface area (Å²) >= 11 is 0. The highest BCUT2D eigenvalue weighted by molar-refractivity contribution is 5.97. The Kier molecular flexibility index (Phi) is 7.56. The molecule has 4 heteroatoms. The Morgan fingerprint density at radius 1 is 1.17 bits per heavy atom. The van der Waals surface area contributed by atoms with Crippen LogP contribution < -0.4 is 10.1 Å². The molecule has 23 heavy (non-hydrogen) atoms. The lowest BCUT2D eigenvalue weighted by atomic mass is 9.93. The summed E-state index contributed by atoms with van der Waals surface area (Å²) in [7, 11) is 0. The molecule has 0 saturated heterocycles. The molecule has 0 aliphatic carbocycles. The van der Waals surface area contributed by atoms with Gasteiger partial charge in [0.05, 0.1) is 6.10 Å². The monoisotopic (exact) mass is 321 g/mol. The van der Waals surface area contributed by atoms with Crippen molar-refractivity contribution in [1.82, 2.24) is 0 Å². The summed E-state index contributed by atoms with van der Waals surface area (Å²) < 4.78 is 11.5. The second-order valence-electron chi connectivity index (χ2n) is 6.82. The van der Waals surface area contributed by atoms with E-state index >= 15 is 0 Å². The van der Waals surface area contributed by atoms with Crippen molar-refractivity contribution < 1.29 is 14.3 Å². The van der Waals surface area contributed by atoms with Crippen molar-refractivity contribution in [2.75, 3.05) is 11.9 Å². The van der Waals surface area contributed by atoms with Crippen LogP contribution in [0.2, 0.25) is 0 Å². The van der Waals surface area contributed by atoms with Crippen LogP contribution in [0.1, 0.15) is 54.4 Å². The molecule has 0 heterocycles. The first-order chi connectivity index (χ1) is 10.8. The van der Waals surface area contributed by atoms with Crippen molar-refractivity contribution in [3.8, 4) is 5.75 Å². The molecule has 1 unspecified atom stereocenters. The lowest BCUT2D eigenvalue weighted by molar-refractivity contribution is -0.141. The molecule has 0 aromatic heterocycles. The van der Waals surface area contributed by atoms with Crippen LogP contribution in [0, 0.1) is 5.92 Å². The molecule has 0 aliphatic rings. The highest BCUT2D eigenvalue weighted by atomic mass is 16.5. The Hall–Kier alpha value is -1.55. The molecule has 0 bridgehead atoms. The van der Waals surface area contributed by atoms with Gasteiger partial charge in [-0.25, -0.2) is 0 Å². The fourth-order valence-electron chi connectivity index (χ4n) is 2.48. The van der Waals surface area contributed by atoms with Crippen molar-refractivity contribution in [3.05, 3.63) is 24.3 Å². The highest BCUT2D eigenvalue weighted by Crippen LogP contribution is 2.24. The second kappa shape index (κ2) is 8.92. The summed E-state index contributed by atoms with van der Waals surface area (Å²) in [4.78, 5) is 12.7. The molecule has 0 spiro atoms. The number of carbonyl (C=O) groups excluding carboxylic acids is 1. The van der Waals surface area contributed by atoms with Crippen LogP contribution in [0.5, 0.6) is 5.75 Å². The number of nitrogens with one attached hydrogen (secondary N) is 1. The maximum atomic E-state index is 12.7.